The molecular weight excluding hydrogens is 459 g/mol. The highest BCUT2D eigenvalue weighted by atomic mass is 19.3. The van der Waals surface area contributed by atoms with Gasteiger partial charge in [0.25, 0.3) is 0 Å². The number of halogens is 5. The van der Waals surface area contributed by atoms with Crippen LogP contribution in [-0.4, -0.2) is 0 Å². The summed E-state index contributed by atoms with van der Waals surface area (Å²) in [4.78, 5) is 0. The van der Waals surface area contributed by atoms with Gasteiger partial charge in [0.15, 0.2) is 17.5 Å². The third kappa shape index (κ3) is 6.56. The van der Waals surface area contributed by atoms with Crippen LogP contribution in [0.1, 0.15) is 94.6 Å². The molecule has 0 atom stereocenters. The van der Waals surface area contributed by atoms with Gasteiger partial charge in [-0.2, -0.15) is 8.78 Å². The molecule has 4 rings (SSSR count). The van der Waals surface area contributed by atoms with Crippen LogP contribution in [0.15, 0.2) is 36.4 Å². The molecule has 0 spiro atoms. The monoisotopic (exact) mass is 494 g/mol. The molecule has 2 aromatic carbocycles. The Morgan fingerprint density at radius 1 is 0.743 bits per heavy atom. The van der Waals surface area contributed by atoms with Gasteiger partial charge in [-0.1, -0.05) is 64.0 Å². The van der Waals surface area contributed by atoms with Gasteiger partial charge in [0.05, 0.1) is 5.56 Å². The second kappa shape index (κ2) is 11.3. The standard InChI is InChI=1S/C29H35F5O/c1-2-19-3-5-20(6-4-19)7-8-21-9-11-22(12-10-21)23-13-15-24(16-14-23)29(33,34)35-25-17-26(30)28(32)27(31)18-25/h13-22H,2-12H2,1H3. The fourth-order valence-electron chi connectivity index (χ4n) is 5.93. The first-order chi connectivity index (χ1) is 16.7. The molecular formula is C29H35F5O. The first kappa shape index (κ1) is 26.0. The molecule has 0 amide bonds. The number of hydrogen-bond acceptors (Lipinski definition) is 1. The lowest BCUT2D eigenvalue weighted by atomic mass is 9.74. The smallest absolute Gasteiger partial charge is 0.426 e. The molecule has 6 heteroatoms. The maximum Gasteiger partial charge on any atom is 0.426 e. The number of ether oxygens (including phenoxy) is 1. The fourth-order valence-corrected chi connectivity index (χ4v) is 5.93. The average Bonchev–Trinajstić information content (AvgIpc) is 2.86. The topological polar surface area (TPSA) is 9.23 Å². The van der Waals surface area contributed by atoms with Crippen LogP contribution < -0.4 is 4.74 Å². The van der Waals surface area contributed by atoms with Crippen LogP contribution >= 0.6 is 0 Å². The van der Waals surface area contributed by atoms with Crippen molar-refractivity contribution in [3.63, 3.8) is 0 Å². The molecule has 2 aromatic rings. The zero-order chi connectivity index (χ0) is 25.0. The molecule has 0 bridgehead atoms. The molecule has 2 aliphatic carbocycles. The van der Waals surface area contributed by atoms with E-state index < -0.39 is 34.9 Å². The summed E-state index contributed by atoms with van der Waals surface area (Å²) in [6.07, 6.45) is 10.2. The SMILES string of the molecule is CCC1CCC(CCC2CCC(c3ccc(C(F)(F)Oc4cc(F)c(F)c(F)c4)cc3)CC2)CC1. The molecule has 0 saturated heterocycles. The minimum absolute atomic E-state index is 0.357. The molecule has 0 radical (unpaired) electrons. The molecule has 35 heavy (non-hydrogen) atoms. The first-order valence-corrected chi connectivity index (χ1v) is 13.1. The van der Waals surface area contributed by atoms with Gasteiger partial charge in [-0.3, -0.25) is 0 Å². The maximum absolute atomic E-state index is 14.5. The lowest BCUT2D eigenvalue weighted by Crippen LogP contribution is -2.22. The van der Waals surface area contributed by atoms with Crippen LogP contribution in [0.4, 0.5) is 22.0 Å². The number of benzene rings is 2. The van der Waals surface area contributed by atoms with Crippen molar-refractivity contribution in [1.82, 2.24) is 0 Å². The highest BCUT2D eigenvalue weighted by Gasteiger charge is 2.35. The Bertz CT molecular complexity index is 935. The molecule has 2 saturated carbocycles. The average molecular weight is 495 g/mol. The normalized spacial score (nSPS) is 25.4. The van der Waals surface area contributed by atoms with Crippen molar-refractivity contribution in [1.29, 1.82) is 0 Å². The predicted molar refractivity (Wildman–Crippen MR) is 127 cm³/mol. The lowest BCUT2D eigenvalue weighted by molar-refractivity contribution is -0.185. The third-order valence-electron chi connectivity index (χ3n) is 8.30. The second-order valence-electron chi connectivity index (χ2n) is 10.5. The van der Waals surface area contributed by atoms with Gasteiger partial charge in [-0.15, -0.1) is 0 Å². The molecule has 0 N–H and O–H groups in total. The zero-order valence-corrected chi connectivity index (χ0v) is 20.3. The summed E-state index contributed by atoms with van der Waals surface area (Å²) in [6, 6.07) is 6.80. The third-order valence-corrected chi connectivity index (χ3v) is 8.30. The van der Waals surface area contributed by atoms with Crippen molar-refractivity contribution < 1.29 is 26.7 Å². The largest absolute Gasteiger partial charge is 0.429 e. The number of alkyl halides is 2. The van der Waals surface area contributed by atoms with Crippen LogP contribution in [0.25, 0.3) is 0 Å². The summed E-state index contributed by atoms with van der Waals surface area (Å²) in [6.45, 7) is 2.30. The van der Waals surface area contributed by atoms with Crippen LogP contribution in [0.5, 0.6) is 5.75 Å². The van der Waals surface area contributed by atoms with E-state index in [9.17, 15) is 22.0 Å². The Balaban J connectivity index is 1.27. The van der Waals surface area contributed by atoms with Crippen LogP contribution in [0.3, 0.4) is 0 Å². The van der Waals surface area contributed by atoms with Crippen molar-refractivity contribution in [3.05, 3.63) is 65.0 Å². The van der Waals surface area contributed by atoms with Gasteiger partial charge in [0, 0.05) is 12.1 Å². The van der Waals surface area contributed by atoms with Crippen molar-refractivity contribution in [2.24, 2.45) is 17.8 Å². The maximum atomic E-state index is 14.5. The highest BCUT2D eigenvalue weighted by Crippen LogP contribution is 2.41. The van der Waals surface area contributed by atoms with Gasteiger partial charge in [-0.25, -0.2) is 13.2 Å². The van der Waals surface area contributed by atoms with Crippen LogP contribution in [-0.2, 0) is 6.11 Å². The number of rotatable bonds is 8. The van der Waals surface area contributed by atoms with Gasteiger partial charge < -0.3 is 4.74 Å². The lowest BCUT2D eigenvalue weighted by Gasteiger charge is -2.32. The van der Waals surface area contributed by atoms with E-state index in [1.807, 2.05) is 0 Å². The van der Waals surface area contributed by atoms with Crippen molar-refractivity contribution in [2.75, 3.05) is 0 Å². The summed E-state index contributed by atoms with van der Waals surface area (Å²) in [5.74, 6) is -2.69. The Morgan fingerprint density at radius 3 is 1.74 bits per heavy atom. The van der Waals surface area contributed by atoms with E-state index in [1.54, 1.807) is 12.1 Å². The molecule has 192 valence electrons. The molecule has 0 aromatic heterocycles. The Morgan fingerprint density at radius 2 is 1.23 bits per heavy atom. The van der Waals surface area contributed by atoms with E-state index >= 15 is 0 Å². The van der Waals surface area contributed by atoms with E-state index in [1.165, 1.54) is 69.9 Å². The Labute approximate surface area is 205 Å². The van der Waals surface area contributed by atoms with E-state index in [0.717, 1.165) is 36.2 Å². The molecule has 0 aliphatic heterocycles. The van der Waals surface area contributed by atoms with E-state index in [-0.39, 0.29) is 0 Å². The second-order valence-corrected chi connectivity index (χ2v) is 10.5. The van der Waals surface area contributed by atoms with E-state index in [2.05, 4.69) is 11.7 Å². The van der Waals surface area contributed by atoms with E-state index in [0.29, 0.717) is 18.1 Å². The minimum atomic E-state index is -3.80. The Kier molecular flexibility index (Phi) is 8.38. The van der Waals surface area contributed by atoms with Crippen LogP contribution in [0, 0.1) is 35.2 Å². The van der Waals surface area contributed by atoms with Gasteiger partial charge in [-0.05, 0) is 67.1 Å². The molecule has 0 unspecified atom stereocenters. The fraction of sp³-hybridized carbons (Fsp3) is 0.586. The van der Waals surface area contributed by atoms with Crippen molar-refractivity contribution in [2.45, 2.75) is 89.6 Å². The van der Waals surface area contributed by atoms with Gasteiger partial charge in [0.2, 0.25) is 0 Å². The minimum Gasteiger partial charge on any atom is -0.429 e. The molecule has 0 heterocycles. The predicted octanol–water partition coefficient (Wildman–Crippen LogP) is 9.50. The molecule has 2 aliphatic rings. The van der Waals surface area contributed by atoms with E-state index in [4.69, 9.17) is 0 Å². The van der Waals surface area contributed by atoms with Crippen molar-refractivity contribution in [3.8, 4) is 5.75 Å². The summed E-state index contributed by atoms with van der Waals surface area (Å²) in [5, 5.41) is 0. The summed E-state index contributed by atoms with van der Waals surface area (Å²) < 4.78 is 73.4. The zero-order valence-electron chi connectivity index (χ0n) is 20.3. The van der Waals surface area contributed by atoms with Crippen LogP contribution in [0.2, 0.25) is 0 Å². The summed E-state index contributed by atoms with van der Waals surface area (Å²) in [5.41, 5.74) is 0.609. The Hall–Kier alpha value is -2.11. The van der Waals surface area contributed by atoms with Gasteiger partial charge >= 0.3 is 6.11 Å². The highest BCUT2D eigenvalue weighted by molar-refractivity contribution is 5.30. The molecule has 1 nitrogen and oxygen atoms in total. The van der Waals surface area contributed by atoms with Crippen molar-refractivity contribution >= 4 is 0 Å². The number of hydrogen-bond donors (Lipinski definition) is 0. The summed E-state index contributed by atoms with van der Waals surface area (Å²) >= 11 is 0. The summed E-state index contributed by atoms with van der Waals surface area (Å²) in [7, 11) is 0. The molecule has 2 fully saturated rings. The first-order valence-electron chi connectivity index (χ1n) is 13.1. The quantitative estimate of drug-likeness (QED) is 0.262. The van der Waals surface area contributed by atoms with Gasteiger partial charge in [0.1, 0.15) is 5.75 Å².